The van der Waals surface area contributed by atoms with E-state index in [0.29, 0.717) is 18.1 Å². The summed E-state index contributed by atoms with van der Waals surface area (Å²) in [5, 5.41) is 25.4. The number of aliphatic hydroxyl groups excluding tert-OH is 1. The number of rotatable bonds is 5. The summed E-state index contributed by atoms with van der Waals surface area (Å²) in [5.74, 6) is 0.890. The molecule has 2 aromatic heterocycles. The number of likely N-dealkylation sites (tertiary alicyclic amines) is 1. The molecule has 164 valence electrons. The minimum atomic E-state index is -0.735. The molecule has 0 bridgehead atoms. The van der Waals surface area contributed by atoms with Gasteiger partial charge in [0.05, 0.1) is 18.8 Å². The van der Waals surface area contributed by atoms with Gasteiger partial charge in [-0.1, -0.05) is 26.0 Å². The van der Waals surface area contributed by atoms with Crippen molar-refractivity contribution in [3.8, 4) is 0 Å². The average molecular weight is 419 g/mol. The largest absolute Gasteiger partial charge is 0.391 e. The number of nitrogens with zero attached hydrogens (tertiary/aromatic N) is 7. The van der Waals surface area contributed by atoms with Crippen LogP contribution in [0, 0.1) is 19.3 Å². The van der Waals surface area contributed by atoms with Crippen LogP contribution in [0.4, 0.5) is 0 Å². The molecule has 30 heavy (non-hydrogen) atoms. The summed E-state index contributed by atoms with van der Waals surface area (Å²) in [4.78, 5) is 31.5. The Morgan fingerprint density at radius 1 is 1.33 bits per heavy atom. The maximum atomic E-state index is 13.5. The van der Waals surface area contributed by atoms with Crippen LogP contribution >= 0.6 is 0 Å². The third-order valence-electron chi connectivity index (χ3n) is 5.26. The first-order valence-corrected chi connectivity index (χ1v) is 10.00. The van der Waals surface area contributed by atoms with Gasteiger partial charge in [0.15, 0.2) is 0 Å². The fourth-order valence-corrected chi connectivity index (χ4v) is 3.89. The first kappa shape index (κ1) is 21.9. The minimum absolute atomic E-state index is 0.114. The molecule has 3 heterocycles. The number of nitrogens with one attached hydrogen (secondary N) is 1. The Labute approximate surface area is 175 Å². The second-order valence-corrected chi connectivity index (χ2v) is 8.83. The van der Waals surface area contributed by atoms with Crippen molar-refractivity contribution in [2.45, 2.75) is 65.8 Å². The van der Waals surface area contributed by atoms with Crippen LogP contribution in [-0.2, 0) is 16.1 Å². The Bertz CT molecular complexity index is 929. The number of β-amino-alcohol motifs (C(OH)–C–C–N with tert-alkyl or cyclic N) is 1. The number of likely N-dealkylation sites (N-methyl/N-ethyl adjacent to an activating group) is 1. The summed E-state index contributed by atoms with van der Waals surface area (Å²) in [6, 6.07) is -1.39. The molecule has 2 N–H and O–H groups in total. The molecule has 11 heteroatoms. The molecule has 3 rings (SSSR count). The average Bonchev–Trinajstić information content (AvgIpc) is 3.33. The minimum Gasteiger partial charge on any atom is -0.391 e. The summed E-state index contributed by atoms with van der Waals surface area (Å²) in [6.45, 7) is 9.99. The van der Waals surface area contributed by atoms with Gasteiger partial charge in [-0.05, 0) is 19.3 Å². The number of aryl methyl sites for hydroxylation is 2. The molecule has 1 saturated heterocycles. The number of hydrogen-bond acceptors (Lipinski definition) is 7. The highest BCUT2D eigenvalue weighted by molar-refractivity contribution is 5.90. The zero-order chi connectivity index (χ0) is 22.2. The van der Waals surface area contributed by atoms with Gasteiger partial charge in [-0.2, -0.15) is 5.10 Å². The normalized spacial score (nSPS) is 20.4. The molecule has 1 aliphatic heterocycles. The van der Waals surface area contributed by atoms with Crippen molar-refractivity contribution in [2.24, 2.45) is 5.41 Å². The molecule has 1 aliphatic rings. The van der Waals surface area contributed by atoms with E-state index in [-0.39, 0.29) is 24.8 Å². The molecule has 2 aromatic rings. The summed E-state index contributed by atoms with van der Waals surface area (Å²) >= 11 is 0. The third kappa shape index (κ3) is 4.35. The number of carbonyl (C=O) groups is 2. The van der Waals surface area contributed by atoms with E-state index in [1.165, 1.54) is 11.9 Å². The van der Waals surface area contributed by atoms with Gasteiger partial charge in [0.2, 0.25) is 11.8 Å². The zero-order valence-electron chi connectivity index (χ0n) is 18.3. The Balaban J connectivity index is 1.88. The Morgan fingerprint density at radius 2 is 2.03 bits per heavy atom. The molecule has 3 atom stereocenters. The smallest absolute Gasteiger partial charge is 0.248 e. The molecule has 11 nitrogen and oxygen atoms in total. The van der Waals surface area contributed by atoms with Crippen LogP contribution < -0.4 is 5.32 Å². The van der Waals surface area contributed by atoms with E-state index >= 15 is 0 Å². The zero-order valence-corrected chi connectivity index (χ0v) is 18.3. The lowest BCUT2D eigenvalue weighted by Gasteiger charge is -2.34. The van der Waals surface area contributed by atoms with Crippen molar-refractivity contribution in [2.75, 3.05) is 13.6 Å². The van der Waals surface area contributed by atoms with Crippen LogP contribution in [0.5, 0.6) is 0 Å². The molecule has 0 saturated carbocycles. The van der Waals surface area contributed by atoms with Crippen LogP contribution in [0.2, 0.25) is 0 Å². The molecule has 0 spiro atoms. The van der Waals surface area contributed by atoms with Gasteiger partial charge >= 0.3 is 0 Å². The number of aromatic nitrogens is 6. The van der Waals surface area contributed by atoms with E-state index in [1.54, 1.807) is 15.6 Å². The third-order valence-corrected chi connectivity index (χ3v) is 5.26. The first-order valence-electron chi connectivity index (χ1n) is 10.00. The van der Waals surface area contributed by atoms with Gasteiger partial charge in [0, 0.05) is 20.0 Å². The van der Waals surface area contributed by atoms with Gasteiger partial charge in [0.25, 0.3) is 0 Å². The van der Waals surface area contributed by atoms with Gasteiger partial charge in [-0.15, -0.1) is 5.10 Å². The van der Waals surface area contributed by atoms with E-state index in [9.17, 15) is 14.7 Å². The van der Waals surface area contributed by atoms with Crippen molar-refractivity contribution in [3.05, 3.63) is 23.5 Å². The van der Waals surface area contributed by atoms with Gasteiger partial charge in [-0.3, -0.25) is 9.59 Å². The summed E-state index contributed by atoms with van der Waals surface area (Å²) < 4.78 is 3.28. The lowest BCUT2D eigenvalue weighted by Crippen LogP contribution is -2.49. The highest BCUT2D eigenvalue weighted by Crippen LogP contribution is 2.34. The lowest BCUT2D eigenvalue weighted by molar-refractivity contribution is -0.144. The number of carbonyl (C=O) groups excluding carboxylic acids is 2. The first-order chi connectivity index (χ1) is 14.0. The molecule has 1 fully saturated rings. The van der Waals surface area contributed by atoms with Gasteiger partial charge in [0.1, 0.15) is 29.4 Å². The molecule has 0 radical (unpaired) electrons. The van der Waals surface area contributed by atoms with Crippen molar-refractivity contribution in [3.63, 3.8) is 0 Å². The molecular formula is C19H30N8O3. The number of hydrogen-bond donors (Lipinski definition) is 2. The van der Waals surface area contributed by atoms with Crippen molar-refractivity contribution >= 4 is 11.8 Å². The Hall–Kier alpha value is -2.82. The molecule has 2 amide bonds. The fourth-order valence-electron chi connectivity index (χ4n) is 3.89. The molecule has 0 aliphatic carbocycles. The predicted molar refractivity (Wildman–Crippen MR) is 107 cm³/mol. The van der Waals surface area contributed by atoms with Crippen LogP contribution in [0.15, 0.2) is 6.20 Å². The summed E-state index contributed by atoms with van der Waals surface area (Å²) in [7, 11) is 1.52. The van der Waals surface area contributed by atoms with Crippen LogP contribution in [0.1, 0.15) is 50.6 Å². The van der Waals surface area contributed by atoms with Gasteiger partial charge in [-0.25, -0.2) is 14.3 Å². The Morgan fingerprint density at radius 3 is 2.60 bits per heavy atom. The predicted octanol–water partition coefficient (Wildman–Crippen LogP) is -0.170. The number of amides is 2. The fraction of sp³-hybridized carbons (Fsp3) is 0.684. The van der Waals surface area contributed by atoms with Crippen LogP contribution in [0.25, 0.3) is 0 Å². The quantitative estimate of drug-likeness (QED) is 0.689. The topological polar surface area (TPSA) is 131 Å². The highest BCUT2D eigenvalue weighted by Gasteiger charge is 2.45. The standard InChI is InChI=1S/C19H30N8O3/c1-11-21-12(2)26(23-11)8-13-9-27(24-22-13)16(19(3,4)5)18(30)25-10-14(28)7-15(25)17(29)20-6/h9,14-16,28H,7-8,10H2,1-6H3,(H,20,29)/t14?,15-,16?/m1/s1. The Kier molecular flexibility index (Phi) is 5.93. The van der Waals surface area contributed by atoms with E-state index in [4.69, 9.17) is 0 Å². The van der Waals surface area contributed by atoms with Crippen molar-refractivity contribution < 1.29 is 14.7 Å². The maximum Gasteiger partial charge on any atom is 0.248 e. The molecule has 0 aromatic carbocycles. The van der Waals surface area contributed by atoms with E-state index in [0.717, 1.165) is 5.82 Å². The van der Waals surface area contributed by atoms with Crippen molar-refractivity contribution in [1.82, 2.24) is 40.0 Å². The monoisotopic (exact) mass is 418 g/mol. The van der Waals surface area contributed by atoms with E-state index in [2.05, 4.69) is 25.7 Å². The van der Waals surface area contributed by atoms with Crippen LogP contribution in [-0.4, -0.2) is 77.3 Å². The lowest BCUT2D eigenvalue weighted by atomic mass is 9.85. The second-order valence-electron chi connectivity index (χ2n) is 8.83. The summed E-state index contributed by atoms with van der Waals surface area (Å²) in [5.41, 5.74) is 0.150. The van der Waals surface area contributed by atoms with E-state index < -0.39 is 23.6 Å². The SMILES string of the molecule is CNC(=O)[C@H]1CC(O)CN1C(=O)C(n1cc(Cn2nc(C)nc2C)nn1)C(C)(C)C. The molecular weight excluding hydrogens is 388 g/mol. The highest BCUT2D eigenvalue weighted by atomic mass is 16.3. The van der Waals surface area contributed by atoms with E-state index in [1.807, 2.05) is 34.6 Å². The maximum absolute atomic E-state index is 13.5. The second kappa shape index (κ2) is 8.13. The molecule has 2 unspecified atom stereocenters. The van der Waals surface area contributed by atoms with Gasteiger partial charge < -0.3 is 15.3 Å². The number of aliphatic hydroxyl groups is 1. The van der Waals surface area contributed by atoms with Crippen LogP contribution in [0.3, 0.4) is 0 Å². The summed E-state index contributed by atoms with van der Waals surface area (Å²) in [6.07, 6.45) is 1.21. The van der Waals surface area contributed by atoms with Crippen molar-refractivity contribution in [1.29, 1.82) is 0 Å².